The Kier molecular flexibility index (Phi) is 8.97. The van der Waals surface area contributed by atoms with Crippen LogP contribution < -0.4 is 10.9 Å². The first kappa shape index (κ1) is 23.5. The van der Waals surface area contributed by atoms with Crippen LogP contribution in [0.25, 0.3) is 10.7 Å². The molecule has 0 aliphatic carbocycles. The first-order chi connectivity index (χ1) is 14.0. The highest BCUT2D eigenvalue weighted by atomic mass is 35.5. The Bertz CT molecular complexity index is 1010. The van der Waals surface area contributed by atoms with Crippen molar-refractivity contribution < 1.29 is 9.53 Å². The van der Waals surface area contributed by atoms with Gasteiger partial charge in [-0.25, -0.2) is 14.5 Å². The number of benzene rings is 1. The van der Waals surface area contributed by atoms with Crippen molar-refractivity contribution in [1.29, 1.82) is 0 Å². The van der Waals surface area contributed by atoms with E-state index in [1.807, 2.05) is 36.5 Å². The molecule has 1 N–H and O–H groups in total. The zero-order valence-corrected chi connectivity index (χ0v) is 18.4. The van der Waals surface area contributed by atoms with Crippen molar-refractivity contribution in [2.24, 2.45) is 0 Å². The van der Waals surface area contributed by atoms with Crippen molar-refractivity contribution in [3.63, 3.8) is 0 Å². The molecular formula is C20H24ClN5O3S. The maximum Gasteiger partial charge on any atom is 0.411 e. The number of amides is 1. The Morgan fingerprint density at radius 2 is 2.10 bits per heavy atom. The summed E-state index contributed by atoms with van der Waals surface area (Å²) < 4.78 is 6.56. The maximum atomic E-state index is 12.2. The number of anilines is 1. The van der Waals surface area contributed by atoms with Crippen LogP contribution in [0.1, 0.15) is 12.0 Å². The second-order valence-electron chi connectivity index (χ2n) is 6.67. The van der Waals surface area contributed by atoms with Crippen molar-refractivity contribution in [3.8, 4) is 10.7 Å². The van der Waals surface area contributed by atoms with E-state index in [9.17, 15) is 9.59 Å². The fourth-order valence-corrected chi connectivity index (χ4v) is 3.25. The van der Waals surface area contributed by atoms with E-state index in [4.69, 9.17) is 4.74 Å². The van der Waals surface area contributed by atoms with E-state index in [0.717, 1.165) is 23.5 Å². The number of carbonyl (C=O) groups excluding carboxylic acids is 1. The lowest BCUT2D eigenvalue weighted by molar-refractivity contribution is 0.156. The third-order valence-corrected chi connectivity index (χ3v) is 4.80. The highest BCUT2D eigenvalue weighted by molar-refractivity contribution is 7.13. The summed E-state index contributed by atoms with van der Waals surface area (Å²) in [7, 11) is 3.94. The van der Waals surface area contributed by atoms with Gasteiger partial charge < -0.3 is 9.64 Å². The monoisotopic (exact) mass is 449 g/mol. The zero-order chi connectivity index (χ0) is 20.6. The van der Waals surface area contributed by atoms with Crippen molar-refractivity contribution in [3.05, 3.63) is 63.9 Å². The molecule has 0 fully saturated rings. The highest BCUT2D eigenvalue weighted by Crippen LogP contribution is 2.18. The van der Waals surface area contributed by atoms with Gasteiger partial charge in [-0.2, -0.15) is 5.10 Å². The van der Waals surface area contributed by atoms with Gasteiger partial charge in [-0.05, 0) is 44.3 Å². The van der Waals surface area contributed by atoms with Gasteiger partial charge >= 0.3 is 6.09 Å². The maximum absolute atomic E-state index is 12.2. The molecule has 1 aromatic carbocycles. The third-order valence-electron chi connectivity index (χ3n) is 4.01. The van der Waals surface area contributed by atoms with E-state index in [1.165, 1.54) is 22.1 Å². The van der Waals surface area contributed by atoms with Gasteiger partial charge in [-0.3, -0.25) is 10.1 Å². The average Bonchev–Trinajstić information content (AvgIpc) is 3.22. The summed E-state index contributed by atoms with van der Waals surface area (Å²) in [6.07, 6.45) is 1.97. The average molecular weight is 450 g/mol. The van der Waals surface area contributed by atoms with E-state index in [2.05, 4.69) is 15.4 Å². The largest absolute Gasteiger partial charge is 0.449 e. The normalized spacial score (nSPS) is 10.5. The summed E-state index contributed by atoms with van der Waals surface area (Å²) in [5, 5.41) is 9.73. The van der Waals surface area contributed by atoms with E-state index >= 15 is 0 Å². The number of nitrogens with one attached hydrogen (secondary N) is 1. The van der Waals surface area contributed by atoms with Gasteiger partial charge in [0.15, 0.2) is 0 Å². The molecule has 3 rings (SSSR count). The molecule has 0 saturated carbocycles. The number of halogens is 1. The summed E-state index contributed by atoms with van der Waals surface area (Å²) in [6, 6.07) is 10.4. The van der Waals surface area contributed by atoms with Gasteiger partial charge in [-0.1, -0.05) is 12.1 Å². The molecule has 2 aromatic heterocycles. The standard InChI is InChI=1S/C20H23N5O3S.ClH/c1-24(2)10-4-11-28-20(27)22-16-6-3-5-15(13-16)14-25-18(26)8-7-17(23-25)19-21-9-12-29-19;/h3,5-9,12-13H,4,10-11,14H2,1-2H3,(H,22,27);1H. The molecule has 0 atom stereocenters. The van der Waals surface area contributed by atoms with Crippen LogP contribution in [-0.4, -0.2) is 53.0 Å². The summed E-state index contributed by atoms with van der Waals surface area (Å²) in [5.74, 6) is 0. The number of nitrogens with zero attached hydrogens (tertiary/aromatic N) is 4. The van der Waals surface area contributed by atoms with Crippen LogP contribution in [0.3, 0.4) is 0 Å². The van der Waals surface area contributed by atoms with Gasteiger partial charge in [0.25, 0.3) is 5.56 Å². The van der Waals surface area contributed by atoms with Gasteiger partial charge in [-0.15, -0.1) is 23.7 Å². The lowest BCUT2D eigenvalue weighted by Gasteiger charge is -2.11. The third kappa shape index (κ3) is 6.94. The molecule has 0 aliphatic heterocycles. The van der Waals surface area contributed by atoms with E-state index < -0.39 is 6.09 Å². The molecule has 2 heterocycles. The Morgan fingerprint density at radius 3 is 2.83 bits per heavy atom. The second-order valence-corrected chi connectivity index (χ2v) is 7.56. The Hall–Kier alpha value is -2.75. The number of carbonyl (C=O) groups is 1. The minimum absolute atomic E-state index is 0. The van der Waals surface area contributed by atoms with E-state index in [0.29, 0.717) is 18.0 Å². The van der Waals surface area contributed by atoms with Crippen molar-refractivity contribution in [1.82, 2.24) is 19.7 Å². The number of thiazole rings is 1. The summed E-state index contributed by atoms with van der Waals surface area (Å²) in [4.78, 5) is 30.4. The number of ether oxygens (including phenoxy) is 1. The smallest absolute Gasteiger partial charge is 0.411 e. The van der Waals surface area contributed by atoms with E-state index in [-0.39, 0.29) is 24.5 Å². The van der Waals surface area contributed by atoms with Crippen LogP contribution in [0.4, 0.5) is 10.5 Å². The Morgan fingerprint density at radius 1 is 1.27 bits per heavy atom. The molecular weight excluding hydrogens is 426 g/mol. The molecule has 0 radical (unpaired) electrons. The molecule has 0 aliphatic rings. The van der Waals surface area contributed by atoms with Crippen LogP contribution in [-0.2, 0) is 11.3 Å². The molecule has 10 heteroatoms. The van der Waals surface area contributed by atoms with E-state index in [1.54, 1.807) is 24.4 Å². The molecule has 30 heavy (non-hydrogen) atoms. The number of rotatable bonds is 8. The molecule has 0 spiro atoms. The van der Waals surface area contributed by atoms with Crippen LogP contribution in [0, 0.1) is 0 Å². The Balaban J connectivity index is 0.00000320. The summed E-state index contributed by atoms with van der Waals surface area (Å²) >= 11 is 1.46. The Labute approximate surface area is 184 Å². The van der Waals surface area contributed by atoms with Crippen molar-refractivity contribution >= 4 is 35.5 Å². The molecule has 0 unspecified atom stereocenters. The lowest BCUT2D eigenvalue weighted by Crippen LogP contribution is -2.23. The quantitative estimate of drug-likeness (QED) is 0.530. The van der Waals surface area contributed by atoms with Gasteiger partial charge in [0.2, 0.25) is 0 Å². The number of hydrogen-bond donors (Lipinski definition) is 1. The topological polar surface area (TPSA) is 89.3 Å². The summed E-state index contributed by atoms with van der Waals surface area (Å²) in [6.45, 7) is 1.49. The fraction of sp³-hybridized carbons (Fsp3) is 0.300. The van der Waals surface area contributed by atoms with Gasteiger partial charge in [0.05, 0.1) is 13.2 Å². The highest BCUT2D eigenvalue weighted by Gasteiger charge is 2.08. The minimum atomic E-state index is -0.498. The van der Waals surface area contributed by atoms with Crippen LogP contribution in [0.5, 0.6) is 0 Å². The minimum Gasteiger partial charge on any atom is -0.449 e. The lowest BCUT2D eigenvalue weighted by atomic mass is 10.2. The van der Waals surface area contributed by atoms with Crippen LogP contribution >= 0.6 is 23.7 Å². The predicted octanol–water partition coefficient (Wildman–Crippen LogP) is 3.34. The summed E-state index contributed by atoms with van der Waals surface area (Å²) in [5.41, 5.74) is 1.88. The molecule has 1 amide bonds. The molecule has 3 aromatic rings. The fourth-order valence-electron chi connectivity index (χ4n) is 2.65. The molecule has 160 valence electrons. The molecule has 8 nitrogen and oxygen atoms in total. The SMILES string of the molecule is CN(C)CCCOC(=O)Nc1cccc(Cn2nc(-c3nccs3)ccc2=O)c1.Cl. The van der Waals surface area contributed by atoms with Crippen LogP contribution in [0.15, 0.2) is 52.8 Å². The van der Waals surface area contributed by atoms with Gasteiger partial charge in [0, 0.05) is 29.9 Å². The first-order valence-electron chi connectivity index (χ1n) is 9.17. The van der Waals surface area contributed by atoms with Crippen LogP contribution in [0.2, 0.25) is 0 Å². The van der Waals surface area contributed by atoms with Gasteiger partial charge in [0.1, 0.15) is 10.7 Å². The second kappa shape index (κ2) is 11.4. The number of hydrogen-bond acceptors (Lipinski definition) is 7. The van der Waals surface area contributed by atoms with Crippen molar-refractivity contribution in [2.75, 3.05) is 32.6 Å². The first-order valence-corrected chi connectivity index (χ1v) is 10.0. The van der Waals surface area contributed by atoms with Crippen molar-refractivity contribution in [2.45, 2.75) is 13.0 Å². The molecule has 0 bridgehead atoms. The molecule has 0 saturated heterocycles. The zero-order valence-electron chi connectivity index (χ0n) is 16.8. The number of aromatic nitrogens is 3. The predicted molar refractivity (Wildman–Crippen MR) is 121 cm³/mol.